The molecule has 0 aliphatic carbocycles. The molecule has 4 aromatic heterocycles. The Labute approximate surface area is 211 Å². The molecule has 0 aliphatic heterocycles. The zero-order valence-electron chi connectivity index (χ0n) is 20.3. The third-order valence-corrected chi connectivity index (χ3v) is 5.65. The predicted molar refractivity (Wildman–Crippen MR) is 134 cm³/mol. The number of ether oxygens (including phenoxy) is 1. The number of hydrogen-bond donors (Lipinski definition) is 3. The van der Waals surface area contributed by atoms with Crippen molar-refractivity contribution in [2.24, 2.45) is 5.92 Å². The van der Waals surface area contributed by atoms with E-state index in [2.05, 4.69) is 30.6 Å². The molecule has 3 N–H and O–H groups in total. The van der Waals surface area contributed by atoms with Crippen LogP contribution in [-0.4, -0.2) is 51.2 Å². The summed E-state index contributed by atoms with van der Waals surface area (Å²) in [6, 6.07) is 8.28. The van der Waals surface area contributed by atoms with Gasteiger partial charge >= 0.3 is 6.18 Å². The number of H-pyrrole nitrogens is 1. The fraction of sp³-hybridized carbons (Fsp3) is 0.308. The van der Waals surface area contributed by atoms with E-state index >= 15 is 0 Å². The predicted octanol–water partition coefficient (Wildman–Crippen LogP) is 4.76. The fourth-order valence-corrected chi connectivity index (χ4v) is 3.85. The van der Waals surface area contributed by atoms with Crippen molar-refractivity contribution in [3.63, 3.8) is 0 Å². The normalized spacial score (nSPS) is 12.6. The van der Waals surface area contributed by atoms with Crippen molar-refractivity contribution in [3.05, 3.63) is 67.0 Å². The van der Waals surface area contributed by atoms with Crippen LogP contribution in [0.3, 0.4) is 0 Å². The van der Waals surface area contributed by atoms with Gasteiger partial charge in [0.1, 0.15) is 11.4 Å². The zero-order chi connectivity index (χ0) is 26.4. The summed E-state index contributed by atoms with van der Waals surface area (Å²) in [5.41, 5.74) is 3.43. The minimum atomic E-state index is -4.42. The molecule has 4 rings (SSSR count). The molecule has 0 aromatic carbocycles. The number of halogens is 3. The van der Waals surface area contributed by atoms with Gasteiger partial charge in [-0.15, -0.1) is 0 Å². The Balaban J connectivity index is 1.48. The quantitative estimate of drug-likeness (QED) is 0.283. The summed E-state index contributed by atoms with van der Waals surface area (Å²) in [6.45, 7) is 2.54. The van der Waals surface area contributed by atoms with Crippen LogP contribution < -0.4 is 15.4 Å². The molecule has 1 amide bonds. The number of nitrogens with one attached hydrogen (secondary N) is 3. The molecule has 4 aromatic rings. The number of alkyl halides is 3. The van der Waals surface area contributed by atoms with Gasteiger partial charge in [0.25, 0.3) is 0 Å². The molecule has 0 saturated heterocycles. The van der Waals surface area contributed by atoms with E-state index < -0.39 is 24.7 Å². The molecular weight excluding hydrogens is 485 g/mol. The zero-order valence-corrected chi connectivity index (χ0v) is 20.3. The van der Waals surface area contributed by atoms with Crippen molar-refractivity contribution >= 4 is 22.6 Å². The van der Waals surface area contributed by atoms with Crippen molar-refractivity contribution in [1.29, 1.82) is 0 Å². The molecule has 194 valence electrons. The molecule has 0 spiro atoms. The lowest BCUT2D eigenvalue weighted by Gasteiger charge is -2.22. The minimum absolute atomic E-state index is 0.353. The maximum absolute atomic E-state index is 12.7. The van der Waals surface area contributed by atoms with Crippen LogP contribution in [0.2, 0.25) is 0 Å². The Bertz CT molecular complexity index is 1340. The average molecular weight is 513 g/mol. The van der Waals surface area contributed by atoms with Crippen LogP contribution in [0.25, 0.3) is 22.2 Å². The largest absolute Gasteiger partial charge is 0.492 e. The van der Waals surface area contributed by atoms with E-state index in [0.717, 1.165) is 16.6 Å². The number of aromatic amines is 1. The molecule has 1 atom stereocenters. The number of aromatic nitrogens is 4. The van der Waals surface area contributed by atoms with Crippen LogP contribution >= 0.6 is 0 Å². The van der Waals surface area contributed by atoms with Crippen molar-refractivity contribution in [3.8, 4) is 16.9 Å². The summed E-state index contributed by atoms with van der Waals surface area (Å²) in [4.78, 5) is 28.7. The van der Waals surface area contributed by atoms with Crippen molar-refractivity contribution in [2.75, 3.05) is 18.5 Å². The number of carbonyl (C=O) groups excluding carboxylic acids is 1. The lowest BCUT2D eigenvalue weighted by Crippen LogP contribution is -2.47. The van der Waals surface area contributed by atoms with E-state index in [-0.39, 0.29) is 5.92 Å². The first-order valence-electron chi connectivity index (χ1n) is 11.8. The second-order valence-electron chi connectivity index (χ2n) is 8.86. The average Bonchev–Trinajstić information content (AvgIpc) is 3.27. The molecule has 0 unspecified atom stereocenters. The summed E-state index contributed by atoms with van der Waals surface area (Å²) in [6.07, 6.45) is 4.47. The molecule has 0 radical (unpaired) electrons. The maximum atomic E-state index is 12.7. The lowest BCUT2D eigenvalue weighted by atomic mass is 10.0. The van der Waals surface area contributed by atoms with Crippen LogP contribution in [0, 0.1) is 5.92 Å². The van der Waals surface area contributed by atoms with Crippen molar-refractivity contribution in [1.82, 2.24) is 25.3 Å². The summed E-state index contributed by atoms with van der Waals surface area (Å²) in [7, 11) is 0. The second-order valence-corrected chi connectivity index (χ2v) is 8.86. The number of carbonyl (C=O) groups is 1. The van der Waals surface area contributed by atoms with Gasteiger partial charge in [-0.2, -0.15) is 13.2 Å². The Morgan fingerprint density at radius 3 is 2.70 bits per heavy atom. The highest BCUT2D eigenvalue weighted by atomic mass is 19.4. The first-order chi connectivity index (χ1) is 17.7. The molecule has 37 heavy (non-hydrogen) atoms. The summed E-state index contributed by atoms with van der Waals surface area (Å²) >= 11 is 0. The van der Waals surface area contributed by atoms with Crippen LogP contribution in [0.1, 0.15) is 19.5 Å². The van der Waals surface area contributed by atoms with Crippen LogP contribution in [-0.2, 0) is 11.2 Å². The third-order valence-electron chi connectivity index (χ3n) is 5.65. The monoisotopic (exact) mass is 512 g/mol. The van der Waals surface area contributed by atoms with Crippen LogP contribution in [0.4, 0.5) is 18.9 Å². The van der Waals surface area contributed by atoms with E-state index in [4.69, 9.17) is 4.74 Å². The number of fused-ring (bicyclic) bond motifs is 1. The third kappa shape index (κ3) is 7.04. The molecular formula is C26H27F3N6O2. The highest BCUT2D eigenvalue weighted by Gasteiger charge is 2.31. The van der Waals surface area contributed by atoms with E-state index in [1.165, 1.54) is 6.20 Å². The fourth-order valence-electron chi connectivity index (χ4n) is 3.85. The van der Waals surface area contributed by atoms with Gasteiger partial charge in [-0.05, 0) is 30.2 Å². The number of anilines is 1. The number of amides is 1. The highest BCUT2D eigenvalue weighted by Crippen LogP contribution is 2.31. The van der Waals surface area contributed by atoms with Gasteiger partial charge in [0, 0.05) is 47.2 Å². The Morgan fingerprint density at radius 1 is 1.14 bits per heavy atom. The highest BCUT2D eigenvalue weighted by molar-refractivity contribution is 5.97. The van der Waals surface area contributed by atoms with E-state index in [0.29, 0.717) is 35.7 Å². The minimum Gasteiger partial charge on any atom is -0.492 e. The number of pyridine rings is 3. The van der Waals surface area contributed by atoms with E-state index in [9.17, 15) is 18.0 Å². The number of rotatable bonds is 10. The topological polar surface area (TPSA) is 105 Å². The SMILES string of the molecule is CC(C)[C@H](NCC(F)(F)F)C(=O)Nc1cncc(-c2c[nH]c3ncc(OCCc4ccccn4)cc23)c1. The Kier molecular flexibility index (Phi) is 8.02. The summed E-state index contributed by atoms with van der Waals surface area (Å²) < 4.78 is 43.8. The van der Waals surface area contributed by atoms with E-state index in [1.54, 1.807) is 44.7 Å². The molecule has 0 aliphatic rings. The van der Waals surface area contributed by atoms with Gasteiger partial charge in [0.2, 0.25) is 5.91 Å². The van der Waals surface area contributed by atoms with Crippen molar-refractivity contribution < 1.29 is 22.7 Å². The van der Waals surface area contributed by atoms with Gasteiger partial charge in [0.15, 0.2) is 0 Å². The molecule has 8 nitrogen and oxygen atoms in total. The summed E-state index contributed by atoms with van der Waals surface area (Å²) in [5, 5.41) is 5.77. The number of hydrogen-bond acceptors (Lipinski definition) is 6. The molecule has 0 fully saturated rings. The van der Waals surface area contributed by atoms with Crippen LogP contribution in [0.15, 0.2) is 61.3 Å². The van der Waals surface area contributed by atoms with Gasteiger partial charge in [-0.25, -0.2) is 4.98 Å². The molecule has 4 heterocycles. The first kappa shape index (κ1) is 26.1. The second kappa shape index (κ2) is 11.4. The summed E-state index contributed by atoms with van der Waals surface area (Å²) in [5.74, 6) is -0.325. The van der Waals surface area contributed by atoms with Gasteiger partial charge in [0.05, 0.1) is 37.3 Å². The maximum Gasteiger partial charge on any atom is 0.401 e. The Morgan fingerprint density at radius 2 is 1.97 bits per heavy atom. The van der Waals surface area contributed by atoms with E-state index in [1.807, 2.05) is 24.3 Å². The van der Waals surface area contributed by atoms with Crippen molar-refractivity contribution in [2.45, 2.75) is 32.5 Å². The Hall–Kier alpha value is -3.99. The lowest BCUT2D eigenvalue weighted by molar-refractivity contribution is -0.131. The van der Waals surface area contributed by atoms with Gasteiger partial charge < -0.3 is 15.0 Å². The smallest absolute Gasteiger partial charge is 0.401 e. The number of nitrogens with zero attached hydrogens (tertiary/aromatic N) is 3. The molecule has 0 saturated carbocycles. The standard InChI is InChI=1S/C26H27F3N6O2/c1-16(2)23(34-15-26(27,28)29)25(36)35-19-9-17(11-30-12-19)22-14-33-24-21(22)10-20(13-32-24)37-8-6-18-5-3-4-7-31-18/h3-5,7,9-14,16,23,34H,6,8,15H2,1-2H3,(H,32,33)(H,35,36)/t23-/m0/s1. The molecule has 0 bridgehead atoms. The van der Waals surface area contributed by atoms with Gasteiger partial charge in [-0.3, -0.25) is 20.1 Å². The first-order valence-corrected chi connectivity index (χ1v) is 11.8. The van der Waals surface area contributed by atoms with Crippen LogP contribution in [0.5, 0.6) is 5.75 Å². The van der Waals surface area contributed by atoms with Gasteiger partial charge in [-0.1, -0.05) is 19.9 Å². The molecule has 11 heteroatoms.